The summed E-state index contributed by atoms with van der Waals surface area (Å²) in [5, 5.41) is 3.29. The molecular weight excluding hydrogens is 416 g/mol. The summed E-state index contributed by atoms with van der Waals surface area (Å²) in [6, 6.07) is 8.16. The van der Waals surface area contributed by atoms with Crippen LogP contribution >= 0.6 is 11.3 Å². The zero-order chi connectivity index (χ0) is 22.4. The monoisotopic (exact) mass is 438 g/mol. The number of nitrogens with zero attached hydrogens (tertiary/aromatic N) is 3. The predicted octanol–water partition coefficient (Wildman–Crippen LogP) is 3.93. The maximum atomic E-state index is 12.4. The number of ether oxygens (including phenoxy) is 1. The van der Waals surface area contributed by atoms with E-state index in [9.17, 15) is 14.4 Å². The number of nitrogens with one attached hydrogen (secondary N) is 1. The number of carbonyl (C=O) groups excluding carboxylic acids is 3. The summed E-state index contributed by atoms with van der Waals surface area (Å²) >= 11 is 1.12. The standard InChI is InChI=1S/C22H22N4O4S/c1-13(2)11-18(28)26-16-7-5-15(6-8-16)17(27)12-30-22(29)19-14(3)25-21(31-19)20-23-9-4-10-24-20/h4-10,13H,11-12H2,1-3H3,(H,26,28). The molecule has 0 bridgehead atoms. The van der Waals surface area contributed by atoms with Crippen LogP contribution in [-0.4, -0.2) is 39.2 Å². The van der Waals surface area contributed by atoms with Gasteiger partial charge in [-0.1, -0.05) is 13.8 Å². The van der Waals surface area contributed by atoms with Crippen molar-refractivity contribution in [2.75, 3.05) is 11.9 Å². The number of rotatable bonds is 8. The van der Waals surface area contributed by atoms with Crippen molar-refractivity contribution in [1.29, 1.82) is 0 Å². The average molecular weight is 439 g/mol. The van der Waals surface area contributed by atoms with Gasteiger partial charge in [-0.25, -0.2) is 19.7 Å². The molecule has 0 aliphatic heterocycles. The lowest BCUT2D eigenvalue weighted by molar-refractivity contribution is -0.116. The largest absolute Gasteiger partial charge is 0.453 e. The number of hydrogen-bond acceptors (Lipinski definition) is 8. The number of amides is 1. The highest BCUT2D eigenvalue weighted by Gasteiger charge is 2.20. The van der Waals surface area contributed by atoms with E-state index in [-0.39, 0.29) is 17.6 Å². The Balaban J connectivity index is 1.57. The maximum absolute atomic E-state index is 12.4. The summed E-state index contributed by atoms with van der Waals surface area (Å²) in [7, 11) is 0. The first-order chi connectivity index (χ1) is 14.8. The van der Waals surface area contributed by atoms with Gasteiger partial charge >= 0.3 is 5.97 Å². The number of hydrogen-bond donors (Lipinski definition) is 1. The third-order valence-corrected chi connectivity index (χ3v) is 5.29. The number of carbonyl (C=O) groups is 3. The molecule has 8 nitrogen and oxygen atoms in total. The molecule has 0 atom stereocenters. The van der Waals surface area contributed by atoms with Gasteiger partial charge in [0.05, 0.1) is 5.69 Å². The fraction of sp³-hybridized carbons (Fsp3) is 0.273. The second kappa shape index (κ2) is 10.0. The van der Waals surface area contributed by atoms with Gasteiger partial charge in [0.2, 0.25) is 5.91 Å². The van der Waals surface area contributed by atoms with Gasteiger partial charge in [0.15, 0.2) is 23.2 Å². The van der Waals surface area contributed by atoms with Crippen LogP contribution < -0.4 is 5.32 Å². The minimum atomic E-state index is -0.622. The summed E-state index contributed by atoms with van der Waals surface area (Å²) < 4.78 is 5.18. The molecule has 2 aromatic heterocycles. The highest BCUT2D eigenvalue weighted by Crippen LogP contribution is 2.25. The Hall–Kier alpha value is -3.46. The molecule has 0 aliphatic carbocycles. The number of aryl methyl sites for hydroxylation is 1. The van der Waals surface area contributed by atoms with E-state index in [1.165, 1.54) is 0 Å². The zero-order valence-electron chi connectivity index (χ0n) is 17.4. The number of Topliss-reactive ketones (excluding diaryl/α,β-unsaturated/α-hetero) is 1. The van der Waals surface area contributed by atoms with Crippen molar-refractivity contribution in [2.45, 2.75) is 27.2 Å². The van der Waals surface area contributed by atoms with E-state index in [4.69, 9.17) is 4.74 Å². The van der Waals surface area contributed by atoms with Gasteiger partial charge in [-0.3, -0.25) is 9.59 Å². The molecule has 31 heavy (non-hydrogen) atoms. The van der Waals surface area contributed by atoms with Crippen LogP contribution in [0.5, 0.6) is 0 Å². The molecule has 1 N–H and O–H groups in total. The third kappa shape index (κ3) is 6.02. The molecular formula is C22H22N4O4S. The molecule has 0 radical (unpaired) electrons. The summed E-state index contributed by atoms with van der Waals surface area (Å²) in [6.07, 6.45) is 3.61. The van der Waals surface area contributed by atoms with Crippen molar-refractivity contribution in [3.63, 3.8) is 0 Å². The Morgan fingerprint density at radius 2 is 1.77 bits per heavy atom. The van der Waals surface area contributed by atoms with Gasteiger partial charge in [0, 0.05) is 30.1 Å². The van der Waals surface area contributed by atoms with Crippen molar-refractivity contribution >= 4 is 34.7 Å². The minimum Gasteiger partial charge on any atom is -0.453 e. The molecule has 2 heterocycles. The van der Waals surface area contributed by atoms with Gasteiger partial charge in [0.25, 0.3) is 0 Å². The van der Waals surface area contributed by atoms with Gasteiger partial charge in [-0.15, -0.1) is 11.3 Å². The topological polar surface area (TPSA) is 111 Å². The Morgan fingerprint density at radius 3 is 2.42 bits per heavy atom. The molecule has 0 aliphatic rings. The van der Waals surface area contributed by atoms with Crippen molar-refractivity contribution in [2.24, 2.45) is 5.92 Å². The van der Waals surface area contributed by atoms with Crippen LogP contribution in [0.2, 0.25) is 0 Å². The molecule has 0 spiro atoms. The average Bonchev–Trinajstić information content (AvgIpc) is 3.14. The van der Waals surface area contributed by atoms with E-state index in [1.54, 1.807) is 49.6 Å². The number of benzene rings is 1. The highest BCUT2D eigenvalue weighted by atomic mass is 32.1. The van der Waals surface area contributed by atoms with E-state index in [2.05, 4.69) is 20.3 Å². The lowest BCUT2D eigenvalue weighted by Crippen LogP contribution is -2.15. The number of thiazole rings is 1. The normalized spacial score (nSPS) is 10.7. The number of esters is 1. The number of aromatic nitrogens is 3. The number of ketones is 1. The van der Waals surface area contributed by atoms with Crippen LogP contribution in [0, 0.1) is 12.8 Å². The second-order valence-corrected chi connectivity index (χ2v) is 8.23. The van der Waals surface area contributed by atoms with E-state index in [0.717, 1.165) is 11.3 Å². The first-order valence-corrected chi connectivity index (χ1v) is 10.5. The molecule has 0 saturated carbocycles. The van der Waals surface area contributed by atoms with Crippen LogP contribution in [0.25, 0.3) is 10.8 Å². The van der Waals surface area contributed by atoms with Crippen molar-refractivity contribution < 1.29 is 19.1 Å². The van der Waals surface area contributed by atoms with Gasteiger partial charge in [-0.05, 0) is 43.2 Å². The summed E-state index contributed by atoms with van der Waals surface area (Å²) in [4.78, 5) is 49.5. The fourth-order valence-corrected chi connectivity index (χ4v) is 3.60. The SMILES string of the molecule is Cc1nc(-c2ncccn2)sc1C(=O)OCC(=O)c1ccc(NC(=O)CC(C)C)cc1. The van der Waals surface area contributed by atoms with Crippen LogP contribution in [0.1, 0.15) is 46.0 Å². The van der Waals surface area contributed by atoms with Gasteiger partial charge in [0.1, 0.15) is 4.88 Å². The van der Waals surface area contributed by atoms with E-state index in [1.807, 2.05) is 13.8 Å². The first-order valence-electron chi connectivity index (χ1n) is 9.68. The zero-order valence-corrected chi connectivity index (χ0v) is 18.2. The molecule has 0 saturated heterocycles. The summed E-state index contributed by atoms with van der Waals surface area (Å²) in [5.74, 6) is -0.367. The lowest BCUT2D eigenvalue weighted by Gasteiger charge is -2.08. The lowest BCUT2D eigenvalue weighted by atomic mass is 10.1. The molecule has 0 fully saturated rings. The molecule has 160 valence electrons. The van der Waals surface area contributed by atoms with Crippen molar-refractivity contribution in [1.82, 2.24) is 15.0 Å². The fourth-order valence-electron chi connectivity index (χ4n) is 2.69. The first kappa shape index (κ1) is 22.2. The Bertz CT molecular complexity index is 1080. The van der Waals surface area contributed by atoms with Crippen LogP contribution in [0.4, 0.5) is 5.69 Å². The van der Waals surface area contributed by atoms with Crippen LogP contribution in [-0.2, 0) is 9.53 Å². The van der Waals surface area contributed by atoms with Crippen molar-refractivity contribution in [3.05, 3.63) is 58.9 Å². The summed E-state index contributed by atoms with van der Waals surface area (Å²) in [6.45, 7) is 5.22. The molecule has 9 heteroatoms. The van der Waals surface area contributed by atoms with Crippen LogP contribution in [0.15, 0.2) is 42.7 Å². The highest BCUT2D eigenvalue weighted by molar-refractivity contribution is 7.16. The van der Waals surface area contributed by atoms with E-state index in [0.29, 0.717) is 39.1 Å². The molecule has 1 amide bonds. The Labute approximate surface area is 183 Å². The molecule has 3 aromatic rings. The summed E-state index contributed by atoms with van der Waals surface area (Å²) in [5.41, 5.74) is 1.48. The molecule has 3 rings (SSSR count). The third-order valence-electron chi connectivity index (χ3n) is 4.16. The quantitative estimate of drug-likeness (QED) is 0.419. The molecule has 1 aromatic carbocycles. The smallest absolute Gasteiger partial charge is 0.350 e. The Kier molecular flexibility index (Phi) is 7.19. The number of anilines is 1. The molecule has 0 unspecified atom stereocenters. The van der Waals surface area contributed by atoms with Crippen LogP contribution in [0.3, 0.4) is 0 Å². The second-order valence-electron chi connectivity index (χ2n) is 7.23. The Morgan fingerprint density at radius 1 is 1.10 bits per heavy atom. The predicted molar refractivity (Wildman–Crippen MR) is 117 cm³/mol. The van der Waals surface area contributed by atoms with Gasteiger partial charge < -0.3 is 10.1 Å². The van der Waals surface area contributed by atoms with Crippen molar-refractivity contribution in [3.8, 4) is 10.8 Å². The van der Waals surface area contributed by atoms with Gasteiger partial charge in [-0.2, -0.15) is 0 Å². The van der Waals surface area contributed by atoms with E-state index >= 15 is 0 Å². The maximum Gasteiger partial charge on any atom is 0.350 e. The van der Waals surface area contributed by atoms with E-state index < -0.39 is 12.6 Å². The minimum absolute atomic E-state index is 0.0804.